The fraction of sp³-hybridized carbons (Fsp3) is 0.889. The third kappa shape index (κ3) is 3.05. The highest BCUT2D eigenvalue weighted by Crippen LogP contribution is 2.71. The first-order chi connectivity index (χ1) is 6.68. The number of rotatable bonds is 5. The number of halogens is 1. The van der Waals surface area contributed by atoms with Crippen molar-refractivity contribution in [1.82, 2.24) is 0 Å². The normalized spacial score (nSPS) is 22.2. The summed E-state index contributed by atoms with van der Waals surface area (Å²) in [7, 11) is -2.79. The van der Waals surface area contributed by atoms with Gasteiger partial charge in [-0.25, -0.2) is 4.79 Å². The Balaban J connectivity index is 0. The molecular formula is C9H20ClO5P. The summed E-state index contributed by atoms with van der Waals surface area (Å²) in [6.07, 6.45) is 0. The molecule has 4 N–H and O–H groups in total. The average molecular weight is 275 g/mol. The summed E-state index contributed by atoms with van der Waals surface area (Å²) in [6.45, 7) is 5.69. The van der Waals surface area contributed by atoms with Crippen LogP contribution in [0.3, 0.4) is 0 Å². The molecule has 7 heteroatoms. The largest absolute Gasteiger partial charge is 1.00 e. The van der Waals surface area contributed by atoms with Gasteiger partial charge in [0, 0.05) is 0 Å². The van der Waals surface area contributed by atoms with E-state index in [2.05, 4.69) is 0 Å². The molecule has 0 aromatic rings. The van der Waals surface area contributed by atoms with Gasteiger partial charge in [-0.3, -0.25) is 0 Å². The van der Waals surface area contributed by atoms with Gasteiger partial charge in [-0.2, -0.15) is 0 Å². The zero-order valence-corrected chi connectivity index (χ0v) is 11.5. The number of aliphatic hydroxyl groups excluding tert-OH is 3. The molecule has 0 aromatic heterocycles. The van der Waals surface area contributed by atoms with Gasteiger partial charge in [0.2, 0.25) is 0 Å². The number of hydrogen-bond donors (Lipinski definition) is 4. The molecule has 0 saturated heterocycles. The van der Waals surface area contributed by atoms with Gasteiger partial charge in [0.15, 0.2) is 23.2 Å². The maximum Gasteiger partial charge on any atom is 0.344 e. The highest BCUT2D eigenvalue weighted by atomic mass is 35.5. The van der Waals surface area contributed by atoms with Crippen LogP contribution >= 0.6 is 7.26 Å². The van der Waals surface area contributed by atoms with Crippen molar-refractivity contribution >= 4 is 13.2 Å². The molecule has 4 unspecified atom stereocenters. The molecule has 16 heavy (non-hydrogen) atoms. The highest BCUT2D eigenvalue weighted by molar-refractivity contribution is 7.78. The molecule has 98 valence electrons. The minimum Gasteiger partial charge on any atom is -1.00 e. The minimum absolute atomic E-state index is 0. The predicted molar refractivity (Wildman–Crippen MR) is 59.1 cm³/mol. The third-order valence-corrected chi connectivity index (χ3v) is 8.42. The van der Waals surface area contributed by atoms with Crippen molar-refractivity contribution in [2.24, 2.45) is 0 Å². The molecule has 5 nitrogen and oxygen atoms in total. The van der Waals surface area contributed by atoms with Gasteiger partial charge in [-0.1, -0.05) is 0 Å². The van der Waals surface area contributed by atoms with Gasteiger partial charge in [0.05, 0.1) is 0 Å². The molecule has 0 amide bonds. The summed E-state index contributed by atoms with van der Waals surface area (Å²) < 4.78 is 0. The molecule has 0 spiro atoms. The molecule has 0 bridgehead atoms. The average Bonchev–Trinajstić information content (AvgIpc) is 2.02. The molecule has 0 saturated carbocycles. The van der Waals surface area contributed by atoms with Crippen molar-refractivity contribution in [3.63, 3.8) is 0 Å². The van der Waals surface area contributed by atoms with Crippen LogP contribution in [0, 0.1) is 0 Å². The van der Waals surface area contributed by atoms with Crippen LogP contribution in [-0.4, -0.2) is 49.6 Å². The lowest BCUT2D eigenvalue weighted by Crippen LogP contribution is -3.00. The Morgan fingerprint density at radius 1 is 0.938 bits per heavy atom. The highest BCUT2D eigenvalue weighted by Gasteiger charge is 2.59. The Kier molecular flexibility index (Phi) is 7.74. The lowest BCUT2D eigenvalue weighted by Gasteiger charge is -2.37. The summed E-state index contributed by atoms with van der Waals surface area (Å²) in [6, 6.07) is 0. The van der Waals surface area contributed by atoms with Crippen LogP contribution in [0.4, 0.5) is 0 Å². The van der Waals surface area contributed by atoms with Crippen molar-refractivity contribution in [2.45, 2.75) is 50.9 Å². The molecular weight excluding hydrogens is 255 g/mol. The first kappa shape index (κ1) is 18.4. The van der Waals surface area contributed by atoms with Crippen molar-refractivity contribution in [3.8, 4) is 0 Å². The number of carboxylic acid groups (broad SMARTS) is 1. The number of aliphatic hydroxyl groups is 3. The van der Waals surface area contributed by atoms with Crippen LogP contribution in [0.2, 0.25) is 0 Å². The van der Waals surface area contributed by atoms with Crippen molar-refractivity contribution in [2.75, 3.05) is 0 Å². The van der Waals surface area contributed by atoms with Crippen LogP contribution in [-0.2, 0) is 4.79 Å². The Morgan fingerprint density at radius 3 is 1.25 bits per heavy atom. The molecule has 0 aliphatic rings. The quantitative estimate of drug-likeness (QED) is 0.416. The van der Waals surface area contributed by atoms with Crippen LogP contribution in [0.5, 0.6) is 0 Å². The standard InChI is InChI=1S/C9H19O5P.ClH/c1-5(9(13)14)15(6(2)10,7(3)11)8(4)12;/h5-8,10-12H,1-4H3;1H. The first-order valence-electron chi connectivity index (χ1n) is 4.83. The minimum atomic E-state index is -2.79. The third-order valence-electron chi connectivity index (χ3n) is 2.97. The summed E-state index contributed by atoms with van der Waals surface area (Å²) in [4.78, 5) is 11.0. The molecule has 0 rings (SSSR count). The van der Waals surface area contributed by atoms with Crippen molar-refractivity contribution in [3.05, 3.63) is 0 Å². The Labute approximate surface area is 102 Å². The maximum absolute atomic E-state index is 11.0. The topological polar surface area (TPSA) is 98.0 Å². The smallest absolute Gasteiger partial charge is 0.344 e. The van der Waals surface area contributed by atoms with E-state index in [0.717, 1.165) is 0 Å². The Hall–Kier alpha value is 0.0700. The molecule has 0 radical (unpaired) electrons. The fourth-order valence-corrected chi connectivity index (χ4v) is 6.30. The number of carboxylic acids is 1. The molecule has 0 aromatic carbocycles. The number of carbonyl (C=O) groups is 1. The van der Waals surface area contributed by atoms with Gasteiger partial charge < -0.3 is 32.8 Å². The van der Waals surface area contributed by atoms with E-state index >= 15 is 0 Å². The Bertz CT molecular complexity index is 210. The molecule has 0 fully saturated rings. The van der Waals surface area contributed by atoms with E-state index in [9.17, 15) is 20.1 Å². The summed E-state index contributed by atoms with van der Waals surface area (Å²) in [5, 5.41) is 38.0. The predicted octanol–water partition coefficient (Wildman–Crippen LogP) is -2.50. The lowest BCUT2D eigenvalue weighted by atomic mass is 10.5. The monoisotopic (exact) mass is 274 g/mol. The first-order valence-corrected chi connectivity index (χ1v) is 6.90. The SMILES string of the molecule is CC(O)[P+](C(C)O)(C(C)O)C(C)C(=O)O.[Cl-]. The second-order valence-electron chi connectivity index (χ2n) is 3.80. The van der Waals surface area contributed by atoms with Crippen LogP contribution < -0.4 is 12.4 Å². The van der Waals surface area contributed by atoms with E-state index in [0.29, 0.717) is 0 Å². The van der Waals surface area contributed by atoms with Crippen LogP contribution in [0.1, 0.15) is 27.7 Å². The molecule has 0 aliphatic heterocycles. The van der Waals surface area contributed by atoms with E-state index in [-0.39, 0.29) is 12.4 Å². The second-order valence-corrected chi connectivity index (χ2v) is 8.61. The van der Waals surface area contributed by atoms with E-state index < -0.39 is 36.4 Å². The molecule has 4 atom stereocenters. The van der Waals surface area contributed by atoms with Gasteiger partial charge in [-0.15, -0.1) is 0 Å². The van der Waals surface area contributed by atoms with E-state index in [1.165, 1.54) is 27.7 Å². The van der Waals surface area contributed by atoms with Gasteiger partial charge in [0.25, 0.3) is 0 Å². The van der Waals surface area contributed by atoms with Crippen LogP contribution in [0.25, 0.3) is 0 Å². The summed E-state index contributed by atoms with van der Waals surface area (Å²) in [5.41, 5.74) is -0.933. The second kappa shape index (κ2) is 6.72. The molecule has 0 aliphatic carbocycles. The lowest BCUT2D eigenvalue weighted by molar-refractivity contribution is -0.136. The van der Waals surface area contributed by atoms with E-state index in [1.807, 2.05) is 0 Å². The summed E-state index contributed by atoms with van der Waals surface area (Å²) in [5.74, 6) is -4.14. The van der Waals surface area contributed by atoms with Crippen LogP contribution in [0.15, 0.2) is 0 Å². The molecule has 0 heterocycles. The van der Waals surface area contributed by atoms with Gasteiger partial charge in [0.1, 0.15) is 7.26 Å². The number of aliphatic carboxylic acids is 1. The Morgan fingerprint density at radius 2 is 1.19 bits per heavy atom. The van der Waals surface area contributed by atoms with Crippen molar-refractivity contribution < 1.29 is 37.6 Å². The van der Waals surface area contributed by atoms with E-state index in [4.69, 9.17) is 5.11 Å². The fourth-order valence-electron chi connectivity index (χ4n) is 2.10. The van der Waals surface area contributed by atoms with E-state index in [1.54, 1.807) is 0 Å². The number of hydrogen-bond acceptors (Lipinski definition) is 4. The maximum atomic E-state index is 11.0. The van der Waals surface area contributed by atoms with Gasteiger partial charge in [-0.05, 0) is 27.7 Å². The van der Waals surface area contributed by atoms with Gasteiger partial charge >= 0.3 is 5.97 Å². The zero-order chi connectivity index (χ0) is 12.4. The van der Waals surface area contributed by atoms with Crippen molar-refractivity contribution in [1.29, 1.82) is 0 Å². The zero-order valence-electron chi connectivity index (χ0n) is 9.83. The summed E-state index contributed by atoms with van der Waals surface area (Å²) >= 11 is 0.